The van der Waals surface area contributed by atoms with Crippen LogP contribution in [0.4, 0.5) is 4.79 Å². The van der Waals surface area contributed by atoms with Gasteiger partial charge in [-0.15, -0.1) is 11.8 Å². The number of urea groups is 1. The predicted molar refractivity (Wildman–Crippen MR) is 91.1 cm³/mol. The van der Waals surface area contributed by atoms with Crippen molar-refractivity contribution in [1.82, 2.24) is 10.6 Å². The molecule has 0 saturated heterocycles. The number of thioether (sulfide) groups is 1. The Morgan fingerprint density at radius 1 is 1.21 bits per heavy atom. The van der Waals surface area contributed by atoms with Gasteiger partial charge in [-0.1, -0.05) is 6.92 Å². The van der Waals surface area contributed by atoms with Crippen LogP contribution in [0.25, 0.3) is 0 Å². The molecule has 0 radical (unpaired) electrons. The van der Waals surface area contributed by atoms with Crippen LogP contribution >= 0.6 is 11.8 Å². The molecule has 2 N–H and O–H groups in total. The van der Waals surface area contributed by atoms with Crippen LogP contribution in [0.3, 0.4) is 0 Å². The first kappa shape index (κ1) is 19.8. The quantitative estimate of drug-likeness (QED) is 0.547. The molecule has 1 atom stereocenters. The molecular formula is C16H22N2O5S. The topological polar surface area (TPSA) is 93.7 Å². The maximum atomic E-state index is 11.6. The number of carbonyl (C=O) groups excluding carboxylic acids is 3. The number of methoxy groups -OCH3 is 1. The second-order valence-corrected chi connectivity index (χ2v) is 6.00. The summed E-state index contributed by atoms with van der Waals surface area (Å²) >= 11 is 1.28. The van der Waals surface area contributed by atoms with Crippen molar-refractivity contribution >= 4 is 29.7 Å². The molecule has 7 nitrogen and oxygen atoms in total. The summed E-state index contributed by atoms with van der Waals surface area (Å²) in [7, 11) is 1.58. The maximum Gasteiger partial charge on any atom is 0.321 e. The minimum atomic E-state index is -0.668. The molecule has 0 fully saturated rings. The molecule has 0 unspecified atom stereocenters. The summed E-state index contributed by atoms with van der Waals surface area (Å²) in [5, 5.41) is 4.68. The Balaban J connectivity index is 2.25. The predicted octanol–water partition coefficient (Wildman–Crippen LogP) is 1.95. The van der Waals surface area contributed by atoms with E-state index < -0.39 is 24.5 Å². The second kappa shape index (κ2) is 10.5. The van der Waals surface area contributed by atoms with Gasteiger partial charge in [-0.2, -0.15) is 0 Å². The molecule has 0 spiro atoms. The van der Waals surface area contributed by atoms with Crippen LogP contribution in [-0.4, -0.2) is 43.4 Å². The van der Waals surface area contributed by atoms with Crippen LogP contribution < -0.4 is 15.4 Å². The molecule has 132 valence electrons. The van der Waals surface area contributed by atoms with E-state index in [-0.39, 0.29) is 11.8 Å². The lowest BCUT2D eigenvalue weighted by atomic mass is 10.3. The van der Waals surface area contributed by atoms with Crippen molar-refractivity contribution in [3.05, 3.63) is 24.3 Å². The number of benzene rings is 1. The Labute approximate surface area is 145 Å². The zero-order valence-corrected chi connectivity index (χ0v) is 14.8. The van der Waals surface area contributed by atoms with Crippen molar-refractivity contribution in [3.8, 4) is 5.75 Å². The molecule has 24 heavy (non-hydrogen) atoms. The van der Waals surface area contributed by atoms with Gasteiger partial charge in [0.05, 0.1) is 12.9 Å². The van der Waals surface area contributed by atoms with Gasteiger partial charge in [0.25, 0.3) is 5.91 Å². The van der Waals surface area contributed by atoms with Gasteiger partial charge in [-0.3, -0.25) is 14.9 Å². The van der Waals surface area contributed by atoms with Gasteiger partial charge in [0.15, 0.2) is 6.61 Å². The molecule has 1 aromatic carbocycles. The molecule has 0 aliphatic heterocycles. The van der Waals surface area contributed by atoms with Crippen LogP contribution in [0.1, 0.15) is 20.3 Å². The standard InChI is InChI=1S/C16H22N2O5S/c1-4-11(2)17-16(21)18-14(19)9-23-15(20)10-24-13-7-5-12(22-3)6-8-13/h5-8,11H,4,9-10H2,1-3H3,(H2,17,18,19,21)/t11-/m0/s1. The van der Waals surface area contributed by atoms with Gasteiger partial charge in [-0.25, -0.2) is 4.79 Å². The van der Waals surface area contributed by atoms with Crippen molar-refractivity contribution in [2.24, 2.45) is 0 Å². The molecule has 1 aromatic rings. The maximum absolute atomic E-state index is 11.6. The van der Waals surface area contributed by atoms with E-state index in [2.05, 4.69) is 10.6 Å². The molecule has 0 saturated carbocycles. The lowest BCUT2D eigenvalue weighted by Gasteiger charge is -2.11. The molecule has 0 bridgehead atoms. The van der Waals surface area contributed by atoms with E-state index in [0.717, 1.165) is 17.1 Å². The highest BCUT2D eigenvalue weighted by Gasteiger charge is 2.12. The average Bonchev–Trinajstić information content (AvgIpc) is 2.58. The van der Waals surface area contributed by atoms with Gasteiger partial charge < -0.3 is 14.8 Å². The Hall–Kier alpha value is -2.22. The third-order valence-corrected chi connectivity index (χ3v) is 4.01. The lowest BCUT2D eigenvalue weighted by Crippen LogP contribution is -2.44. The molecule has 8 heteroatoms. The van der Waals surface area contributed by atoms with E-state index in [9.17, 15) is 14.4 Å². The van der Waals surface area contributed by atoms with Gasteiger partial charge in [0.1, 0.15) is 5.75 Å². The molecule has 0 heterocycles. The zero-order valence-electron chi connectivity index (χ0n) is 14.0. The number of esters is 1. The minimum absolute atomic E-state index is 0.0405. The van der Waals surface area contributed by atoms with Gasteiger partial charge in [-0.05, 0) is 37.6 Å². The van der Waals surface area contributed by atoms with Crippen molar-refractivity contribution in [3.63, 3.8) is 0 Å². The number of hydrogen-bond acceptors (Lipinski definition) is 6. The number of hydrogen-bond donors (Lipinski definition) is 2. The lowest BCUT2D eigenvalue weighted by molar-refractivity contribution is -0.145. The highest BCUT2D eigenvalue weighted by Crippen LogP contribution is 2.21. The molecule has 3 amide bonds. The van der Waals surface area contributed by atoms with Crippen LogP contribution in [0, 0.1) is 0 Å². The van der Waals surface area contributed by atoms with Crippen molar-refractivity contribution < 1.29 is 23.9 Å². The van der Waals surface area contributed by atoms with E-state index in [1.807, 2.05) is 26.0 Å². The summed E-state index contributed by atoms with van der Waals surface area (Å²) in [6, 6.07) is 6.58. The third-order valence-electron chi connectivity index (χ3n) is 3.02. The fourth-order valence-corrected chi connectivity index (χ4v) is 2.22. The fraction of sp³-hybridized carbons (Fsp3) is 0.438. The largest absolute Gasteiger partial charge is 0.497 e. The first-order valence-electron chi connectivity index (χ1n) is 7.47. The van der Waals surface area contributed by atoms with Gasteiger partial charge >= 0.3 is 12.0 Å². The Kier molecular flexibility index (Phi) is 8.70. The smallest absolute Gasteiger partial charge is 0.321 e. The SMILES string of the molecule is CC[C@H](C)NC(=O)NC(=O)COC(=O)CSc1ccc(OC)cc1. The first-order chi connectivity index (χ1) is 11.4. The average molecular weight is 354 g/mol. The molecule has 0 aliphatic rings. The summed E-state index contributed by atoms with van der Waals surface area (Å²) in [5.74, 6) is -0.403. The third kappa shape index (κ3) is 7.87. The highest BCUT2D eigenvalue weighted by atomic mass is 32.2. The summed E-state index contributed by atoms with van der Waals surface area (Å²) in [5.41, 5.74) is 0. The number of imide groups is 1. The van der Waals surface area contributed by atoms with Crippen LogP contribution in [0.2, 0.25) is 0 Å². The Bertz CT molecular complexity index is 562. The van der Waals surface area contributed by atoms with Gasteiger partial charge in [0, 0.05) is 10.9 Å². The molecular weight excluding hydrogens is 332 g/mol. The number of carbonyl (C=O) groups is 3. The molecule has 1 rings (SSSR count). The van der Waals surface area contributed by atoms with Crippen molar-refractivity contribution in [1.29, 1.82) is 0 Å². The van der Waals surface area contributed by atoms with E-state index in [1.165, 1.54) is 11.8 Å². The summed E-state index contributed by atoms with van der Waals surface area (Å²) in [4.78, 5) is 35.4. The second-order valence-electron chi connectivity index (χ2n) is 4.96. The normalized spacial score (nSPS) is 11.3. The van der Waals surface area contributed by atoms with Crippen LogP contribution in [-0.2, 0) is 14.3 Å². The summed E-state index contributed by atoms with van der Waals surface area (Å²) in [6.45, 7) is 3.24. The van der Waals surface area contributed by atoms with E-state index in [4.69, 9.17) is 9.47 Å². The highest BCUT2D eigenvalue weighted by molar-refractivity contribution is 8.00. The number of rotatable bonds is 8. The van der Waals surface area contributed by atoms with E-state index in [0.29, 0.717) is 0 Å². The monoisotopic (exact) mass is 354 g/mol. The van der Waals surface area contributed by atoms with Crippen LogP contribution in [0.5, 0.6) is 5.75 Å². The number of ether oxygens (including phenoxy) is 2. The Morgan fingerprint density at radius 3 is 2.46 bits per heavy atom. The zero-order chi connectivity index (χ0) is 17.9. The van der Waals surface area contributed by atoms with E-state index >= 15 is 0 Å². The molecule has 0 aromatic heterocycles. The Morgan fingerprint density at radius 2 is 1.88 bits per heavy atom. The van der Waals surface area contributed by atoms with Crippen LogP contribution in [0.15, 0.2) is 29.2 Å². The minimum Gasteiger partial charge on any atom is -0.497 e. The van der Waals surface area contributed by atoms with Crippen molar-refractivity contribution in [2.45, 2.75) is 31.2 Å². The number of amides is 3. The summed E-state index contributed by atoms with van der Waals surface area (Å²) in [6.07, 6.45) is 0.749. The summed E-state index contributed by atoms with van der Waals surface area (Å²) < 4.78 is 9.87. The van der Waals surface area contributed by atoms with E-state index in [1.54, 1.807) is 19.2 Å². The van der Waals surface area contributed by atoms with Gasteiger partial charge in [0.2, 0.25) is 0 Å². The first-order valence-corrected chi connectivity index (χ1v) is 8.46. The molecule has 0 aliphatic carbocycles. The van der Waals surface area contributed by atoms with Crippen molar-refractivity contribution in [2.75, 3.05) is 19.5 Å². The fourth-order valence-electron chi connectivity index (χ4n) is 1.53. The number of nitrogens with one attached hydrogen (secondary N) is 2.